The number of halogens is 4. The summed E-state index contributed by atoms with van der Waals surface area (Å²) in [5.41, 5.74) is 13.9. The van der Waals surface area contributed by atoms with Crippen molar-refractivity contribution >= 4 is 33.4 Å². The maximum Gasteiger partial charge on any atom is 0.490 e. The van der Waals surface area contributed by atoms with Gasteiger partial charge in [-0.1, -0.05) is 15.9 Å². The Morgan fingerprint density at radius 3 is 2.54 bits per heavy atom. The molecule has 0 atom stereocenters. The SMILES string of the molecule is N#Cc1c(N)nc2c(c1N)Cc1cc(Br)ccc1O2.O=C(O)C(F)(F)F. The first-order valence-electron chi connectivity index (χ1n) is 6.79. The first-order valence-corrected chi connectivity index (χ1v) is 7.58. The van der Waals surface area contributed by atoms with Crippen LogP contribution in [0.2, 0.25) is 0 Å². The third-order valence-corrected chi connectivity index (χ3v) is 3.77. The number of alkyl halides is 3. The quantitative estimate of drug-likeness (QED) is 0.498. The summed E-state index contributed by atoms with van der Waals surface area (Å²) in [6, 6.07) is 7.67. The number of carbonyl (C=O) groups is 1. The molecular formula is C15H10BrF3N4O3. The number of pyridine rings is 1. The Morgan fingerprint density at radius 1 is 1.38 bits per heavy atom. The zero-order valence-corrected chi connectivity index (χ0v) is 14.3. The molecule has 1 aromatic carbocycles. The molecule has 26 heavy (non-hydrogen) atoms. The first-order chi connectivity index (χ1) is 12.0. The number of nitrogens with zero attached hydrogens (tertiary/aromatic N) is 2. The maximum atomic E-state index is 10.6. The van der Waals surface area contributed by atoms with Crippen molar-refractivity contribution in [3.63, 3.8) is 0 Å². The van der Waals surface area contributed by atoms with E-state index in [2.05, 4.69) is 20.9 Å². The monoisotopic (exact) mass is 430 g/mol. The van der Waals surface area contributed by atoms with Crippen LogP contribution in [0.25, 0.3) is 0 Å². The lowest BCUT2D eigenvalue weighted by atomic mass is 9.99. The number of benzene rings is 1. The molecule has 0 fully saturated rings. The van der Waals surface area contributed by atoms with E-state index >= 15 is 0 Å². The molecule has 0 spiro atoms. The van der Waals surface area contributed by atoms with Crippen molar-refractivity contribution < 1.29 is 27.8 Å². The number of nitrogen functional groups attached to an aromatic ring is 2. The number of nitrogens with two attached hydrogens (primary N) is 2. The molecule has 3 rings (SSSR count). The van der Waals surface area contributed by atoms with Crippen LogP contribution in [0.1, 0.15) is 16.7 Å². The molecule has 1 aliphatic rings. The Balaban J connectivity index is 0.000000298. The zero-order chi connectivity index (χ0) is 19.6. The summed E-state index contributed by atoms with van der Waals surface area (Å²) in [6.45, 7) is 0. The molecule has 0 aliphatic carbocycles. The lowest BCUT2D eigenvalue weighted by Crippen LogP contribution is -2.21. The van der Waals surface area contributed by atoms with E-state index in [0.29, 0.717) is 23.6 Å². The number of fused-ring (bicyclic) bond motifs is 2. The fourth-order valence-corrected chi connectivity index (χ4v) is 2.50. The minimum absolute atomic E-state index is 0.0966. The van der Waals surface area contributed by atoms with E-state index in [4.69, 9.17) is 31.4 Å². The summed E-state index contributed by atoms with van der Waals surface area (Å²) in [7, 11) is 0. The van der Waals surface area contributed by atoms with Gasteiger partial charge in [0.1, 0.15) is 23.2 Å². The summed E-state index contributed by atoms with van der Waals surface area (Å²) in [4.78, 5) is 13.0. The number of aromatic nitrogens is 1. The summed E-state index contributed by atoms with van der Waals surface area (Å²) >= 11 is 3.41. The Morgan fingerprint density at radius 2 is 2.00 bits per heavy atom. The van der Waals surface area contributed by atoms with Crippen LogP contribution >= 0.6 is 15.9 Å². The van der Waals surface area contributed by atoms with Gasteiger partial charge in [-0.3, -0.25) is 0 Å². The Bertz CT molecular complexity index is 926. The highest BCUT2D eigenvalue weighted by Crippen LogP contribution is 2.40. The Kier molecular flexibility index (Phi) is 5.27. The third kappa shape index (κ3) is 3.97. The molecule has 1 aromatic heterocycles. The lowest BCUT2D eigenvalue weighted by molar-refractivity contribution is -0.192. The van der Waals surface area contributed by atoms with Gasteiger partial charge in [0.2, 0.25) is 5.88 Å². The average Bonchev–Trinajstić information content (AvgIpc) is 2.54. The second-order valence-electron chi connectivity index (χ2n) is 5.02. The number of ether oxygens (including phenoxy) is 1. The van der Waals surface area contributed by atoms with Gasteiger partial charge in [0, 0.05) is 22.0 Å². The lowest BCUT2D eigenvalue weighted by Gasteiger charge is -2.21. The molecule has 0 bridgehead atoms. The van der Waals surface area contributed by atoms with Crippen LogP contribution in [0.4, 0.5) is 24.7 Å². The second-order valence-corrected chi connectivity index (χ2v) is 5.93. The van der Waals surface area contributed by atoms with E-state index in [0.717, 1.165) is 15.8 Å². The first kappa shape index (κ1) is 19.3. The van der Waals surface area contributed by atoms with Crippen molar-refractivity contribution in [3.8, 4) is 17.7 Å². The van der Waals surface area contributed by atoms with E-state index in [1.54, 1.807) is 0 Å². The highest BCUT2D eigenvalue weighted by Gasteiger charge is 2.38. The Labute approximate surface area is 153 Å². The van der Waals surface area contributed by atoms with Crippen LogP contribution < -0.4 is 16.2 Å². The molecule has 0 saturated heterocycles. The van der Waals surface area contributed by atoms with Crippen LogP contribution in [0.15, 0.2) is 22.7 Å². The normalized spacial score (nSPS) is 11.8. The Hall–Kier alpha value is -3.00. The molecule has 1 aliphatic heterocycles. The molecule has 7 nitrogen and oxygen atoms in total. The van der Waals surface area contributed by atoms with Gasteiger partial charge in [-0.25, -0.2) is 4.79 Å². The second kappa shape index (κ2) is 7.09. The molecule has 2 heterocycles. The highest BCUT2D eigenvalue weighted by atomic mass is 79.9. The minimum Gasteiger partial charge on any atom is -0.475 e. The standard InChI is InChI=1S/C13H9BrN4O.C2HF3O2/c14-7-1-2-10-6(3-7)4-8-11(16)9(5-15)12(17)18-13(8)19-10;3-2(4,5)1(6)7/h1-3H,4H2,(H4,16,17,18);(H,6,7). The number of aliphatic carboxylic acids is 1. The summed E-state index contributed by atoms with van der Waals surface area (Å²) < 4.78 is 38.4. The molecule has 0 saturated carbocycles. The zero-order valence-electron chi connectivity index (χ0n) is 12.8. The van der Waals surface area contributed by atoms with Crippen LogP contribution in [0, 0.1) is 11.3 Å². The van der Waals surface area contributed by atoms with Crippen molar-refractivity contribution in [2.45, 2.75) is 12.6 Å². The van der Waals surface area contributed by atoms with Gasteiger partial charge in [0.05, 0.1) is 5.69 Å². The number of carboxylic acids is 1. The van der Waals surface area contributed by atoms with Gasteiger partial charge in [-0.2, -0.15) is 23.4 Å². The van der Waals surface area contributed by atoms with Crippen LogP contribution in [0.3, 0.4) is 0 Å². The van der Waals surface area contributed by atoms with E-state index in [1.165, 1.54) is 0 Å². The third-order valence-electron chi connectivity index (χ3n) is 3.28. The topological polar surface area (TPSA) is 135 Å². The molecule has 136 valence electrons. The number of nitriles is 1. The predicted octanol–water partition coefficient (Wildman–Crippen LogP) is 3.21. The maximum absolute atomic E-state index is 10.6. The van der Waals surface area contributed by atoms with E-state index < -0.39 is 12.1 Å². The molecular weight excluding hydrogens is 421 g/mol. The number of carboxylic acid groups (broad SMARTS) is 1. The number of rotatable bonds is 0. The number of anilines is 2. The van der Waals surface area contributed by atoms with Crippen molar-refractivity contribution in [1.29, 1.82) is 5.26 Å². The molecule has 0 unspecified atom stereocenters. The van der Waals surface area contributed by atoms with Gasteiger partial charge in [0.25, 0.3) is 0 Å². The molecule has 5 N–H and O–H groups in total. The summed E-state index contributed by atoms with van der Waals surface area (Å²) in [5.74, 6) is -1.55. The summed E-state index contributed by atoms with van der Waals surface area (Å²) in [5, 5.41) is 16.2. The largest absolute Gasteiger partial charge is 0.490 e. The van der Waals surface area contributed by atoms with Crippen molar-refractivity contribution in [3.05, 3.63) is 39.4 Å². The van der Waals surface area contributed by atoms with Gasteiger partial charge in [-0.15, -0.1) is 0 Å². The smallest absolute Gasteiger partial charge is 0.475 e. The van der Waals surface area contributed by atoms with Gasteiger partial charge >= 0.3 is 12.1 Å². The van der Waals surface area contributed by atoms with E-state index in [1.807, 2.05) is 24.3 Å². The summed E-state index contributed by atoms with van der Waals surface area (Å²) in [6.07, 6.45) is -4.52. The van der Waals surface area contributed by atoms with Gasteiger partial charge in [-0.05, 0) is 18.2 Å². The van der Waals surface area contributed by atoms with Crippen molar-refractivity contribution in [1.82, 2.24) is 4.98 Å². The number of hydrogen-bond donors (Lipinski definition) is 3. The fraction of sp³-hybridized carbons (Fsp3) is 0.133. The average molecular weight is 431 g/mol. The highest BCUT2D eigenvalue weighted by molar-refractivity contribution is 9.10. The molecule has 2 aromatic rings. The van der Waals surface area contributed by atoms with Crippen LogP contribution in [0.5, 0.6) is 11.6 Å². The van der Waals surface area contributed by atoms with E-state index in [-0.39, 0.29) is 11.4 Å². The van der Waals surface area contributed by atoms with Crippen molar-refractivity contribution in [2.75, 3.05) is 11.5 Å². The van der Waals surface area contributed by atoms with Crippen LogP contribution in [-0.4, -0.2) is 22.2 Å². The molecule has 11 heteroatoms. The number of hydrogen-bond acceptors (Lipinski definition) is 6. The fourth-order valence-electron chi connectivity index (χ4n) is 2.09. The van der Waals surface area contributed by atoms with Gasteiger partial charge in [0.15, 0.2) is 0 Å². The van der Waals surface area contributed by atoms with E-state index in [9.17, 15) is 13.2 Å². The van der Waals surface area contributed by atoms with Crippen molar-refractivity contribution in [2.24, 2.45) is 0 Å². The van der Waals surface area contributed by atoms with Crippen LogP contribution in [-0.2, 0) is 11.2 Å². The molecule has 0 radical (unpaired) electrons. The predicted molar refractivity (Wildman–Crippen MR) is 88.5 cm³/mol. The minimum atomic E-state index is -5.08. The molecule has 0 amide bonds. The van der Waals surface area contributed by atoms with Gasteiger partial charge < -0.3 is 21.3 Å².